The molecule has 0 spiro atoms. The molecule has 1 atom stereocenters. The number of para-hydroxylation sites is 2. The number of furan rings is 1. The largest absolute Gasteiger partial charge is 0.459 e. The first-order chi connectivity index (χ1) is 15.0. The smallest absolute Gasteiger partial charge is 0.293 e. The number of rotatable bonds is 8. The summed E-state index contributed by atoms with van der Waals surface area (Å²) in [6.45, 7) is 4.21. The highest BCUT2D eigenvalue weighted by atomic mass is 32.1. The Hall–Kier alpha value is -3.46. The van der Waals surface area contributed by atoms with Crippen molar-refractivity contribution < 1.29 is 14.0 Å². The first-order valence-electron chi connectivity index (χ1n) is 10.0. The maximum Gasteiger partial charge on any atom is 0.293 e. The molecule has 0 fully saturated rings. The lowest BCUT2D eigenvalue weighted by Gasteiger charge is -2.18. The highest BCUT2D eigenvalue weighted by Crippen LogP contribution is 2.23. The third-order valence-electron chi connectivity index (χ3n) is 4.64. The fourth-order valence-corrected chi connectivity index (χ4v) is 3.98. The zero-order chi connectivity index (χ0) is 21.8. The van der Waals surface area contributed by atoms with Crippen LogP contribution < -0.4 is 10.6 Å². The fourth-order valence-electron chi connectivity index (χ4n) is 3.27. The van der Waals surface area contributed by atoms with Gasteiger partial charge in [0.15, 0.2) is 10.9 Å². The second-order valence-corrected chi connectivity index (χ2v) is 8.50. The fraction of sp³-hybridized carbons (Fsp3) is 0.273. The van der Waals surface area contributed by atoms with Crippen LogP contribution >= 0.6 is 11.3 Å². The summed E-state index contributed by atoms with van der Waals surface area (Å²) >= 11 is 1.26. The van der Waals surface area contributed by atoms with E-state index in [4.69, 9.17) is 4.42 Å². The van der Waals surface area contributed by atoms with Crippen LogP contribution in [0.3, 0.4) is 0 Å². The standard InChI is InChI=1S/C22H23N5O3S/c1-13(2)10-17(20-25-15-6-3-4-7-16(15)26-20)24-19(28)11-14-12-31-22(23-14)27-21(29)18-8-5-9-30-18/h3-9,12-13,17H,10-11H2,1-2H3,(H,24,28)(H,25,26)(H,23,27,29)/t17-/m1/s1. The summed E-state index contributed by atoms with van der Waals surface area (Å²) < 4.78 is 5.07. The molecule has 0 radical (unpaired) electrons. The maximum absolute atomic E-state index is 12.7. The molecule has 31 heavy (non-hydrogen) atoms. The molecule has 0 saturated heterocycles. The molecule has 3 aromatic heterocycles. The van der Waals surface area contributed by atoms with E-state index in [1.54, 1.807) is 17.5 Å². The van der Waals surface area contributed by atoms with Gasteiger partial charge in [0.2, 0.25) is 5.91 Å². The first-order valence-corrected chi connectivity index (χ1v) is 10.9. The number of aromatic nitrogens is 3. The lowest BCUT2D eigenvalue weighted by Crippen LogP contribution is -2.31. The third-order valence-corrected chi connectivity index (χ3v) is 5.45. The predicted octanol–water partition coefficient (Wildman–Crippen LogP) is 4.31. The zero-order valence-corrected chi connectivity index (χ0v) is 18.0. The minimum atomic E-state index is -0.378. The van der Waals surface area contributed by atoms with E-state index in [0.29, 0.717) is 16.7 Å². The molecule has 0 aliphatic heterocycles. The Morgan fingerprint density at radius 3 is 2.74 bits per heavy atom. The number of H-pyrrole nitrogens is 1. The third kappa shape index (κ3) is 5.18. The van der Waals surface area contributed by atoms with E-state index in [1.807, 2.05) is 24.3 Å². The number of imidazole rings is 1. The Bertz CT molecular complexity index is 1150. The normalized spacial score (nSPS) is 12.2. The minimum absolute atomic E-state index is 0.113. The second-order valence-electron chi connectivity index (χ2n) is 7.64. The van der Waals surface area contributed by atoms with E-state index in [1.165, 1.54) is 17.6 Å². The molecule has 0 aliphatic rings. The first kappa shape index (κ1) is 20.8. The van der Waals surface area contributed by atoms with Crippen LogP contribution in [0.25, 0.3) is 11.0 Å². The molecular formula is C22H23N5O3S. The number of fused-ring (bicyclic) bond motifs is 1. The van der Waals surface area contributed by atoms with Gasteiger partial charge in [-0.05, 0) is 36.6 Å². The van der Waals surface area contributed by atoms with E-state index in [2.05, 4.69) is 39.4 Å². The highest BCUT2D eigenvalue weighted by Gasteiger charge is 2.21. The molecule has 9 heteroatoms. The molecule has 2 amide bonds. The Balaban J connectivity index is 1.41. The van der Waals surface area contributed by atoms with Crippen molar-refractivity contribution in [1.82, 2.24) is 20.3 Å². The van der Waals surface area contributed by atoms with E-state index in [-0.39, 0.29) is 30.0 Å². The van der Waals surface area contributed by atoms with Gasteiger partial charge in [-0.3, -0.25) is 14.9 Å². The summed E-state index contributed by atoms with van der Waals surface area (Å²) in [6, 6.07) is 10.8. The summed E-state index contributed by atoms with van der Waals surface area (Å²) in [7, 11) is 0. The SMILES string of the molecule is CC(C)C[C@@H](NC(=O)Cc1csc(NC(=O)c2ccco2)n1)c1nc2ccccc2[nH]1. The molecule has 3 heterocycles. The van der Waals surface area contributed by atoms with E-state index in [0.717, 1.165) is 23.3 Å². The van der Waals surface area contributed by atoms with E-state index < -0.39 is 0 Å². The average Bonchev–Trinajstić information content (AvgIpc) is 3.47. The number of thiazole rings is 1. The molecule has 4 rings (SSSR count). The zero-order valence-electron chi connectivity index (χ0n) is 17.2. The number of hydrogen-bond acceptors (Lipinski definition) is 6. The molecular weight excluding hydrogens is 414 g/mol. The van der Waals surface area contributed by atoms with Crippen LogP contribution in [0, 0.1) is 5.92 Å². The number of nitrogens with zero attached hydrogens (tertiary/aromatic N) is 2. The minimum Gasteiger partial charge on any atom is -0.459 e. The topological polar surface area (TPSA) is 113 Å². The quantitative estimate of drug-likeness (QED) is 0.380. The summed E-state index contributed by atoms with van der Waals surface area (Å²) in [5, 5.41) is 7.93. The summed E-state index contributed by atoms with van der Waals surface area (Å²) in [4.78, 5) is 37.1. The summed E-state index contributed by atoms with van der Waals surface area (Å²) in [6.07, 6.45) is 2.30. The van der Waals surface area contributed by atoms with Gasteiger partial charge >= 0.3 is 0 Å². The number of aromatic amines is 1. The summed E-state index contributed by atoms with van der Waals surface area (Å²) in [5.41, 5.74) is 2.40. The molecule has 160 valence electrons. The molecule has 0 saturated carbocycles. The highest BCUT2D eigenvalue weighted by molar-refractivity contribution is 7.14. The van der Waals surface area contributed by atoms with Crippen molar-refractivity contribution in [3.63, 3.8) is 0 Å². The van der Waals surface area contributed by atoms with Gasteiger partial charge in [-0.25, -0.2) is 9.97 Å². The Kier molecular flexibility index (Phi) is 6.13. The van der Waals surface area contributed by atoms with Gasteiger partial charge in [-0.1, -0.05) is 26.0 Å². The molecule has 4 aromatic rings. The van der Waals surface area contributed by atoms with Gasteiger partial charge in [0, 0.05) is 5.38 Å². The monoisotopic (exact) mass is 437 g/mol. The molecule has 1 aromatic carbocycles. The van der Waals surface area contributed by atoms with Crippen molar-refractivity contribution in [2.75, 3.05) is 5.32 Å². The number of hydrogen-bond donors (Lipinski definition) is 3. The van der Waals surface area contributed by atoms with Gasteiger partial charge in [0.1, 0.15) is 5.82 Å². The average molecular weight is 438 g/mol. The van der Waals surface area contributed by atoms with Crippen molar-refractivity contribution in [3.8, 4) is 0 Å². The number of benzene rings is 1. The van der Waals surface area contributed by atoms with Crippen molar-refractivity contribution in [2.24, 2.45) is 5.92 Å². The van der Waals surface area contributed by atoms with Gasteiger partial charge in [0.25, 0.3) is 5.91 Å². The Morgan fingerprint density at radius 2 is 2.00 bits per heavy atom. The van der Waals surface area contributed by atoms with Gasteiger partial charge in [0.05, 0.1) is 35.5 Å². The number of carbonyl (C=O) groups excluding carboxylic acids is 2. The lowest BCUT2D eigenvalue weighted by atomic mass is 10.0. The van der Waals surface area contributed by atoms with Crippen LogP contribution in [0.4, 0.5) is 5.13 Å². The van der Waals surface area contributed by atoms with Crippen LogP contribution in [0.2, 0.25) is 0 Å². The van der Waals surface area contributed by atoms with Crippen LogP contribution in [0.15, 0.2) is 52.5 Å². The van der Waals surface area contributed by atoms with Crippen LogP contribution in [-0.4, -0.2) is 26.8 Å². The van der Waals surface area contributed by atoms with Crippen molar-refractivity contribution >= 4 is 39.3 Å². The Morgan fingerprint density at radius 1 is 1.16 bits per heavy atom. The van der Waals surface area contributed by atoms with Crippen molar-refractivity contribution in [1.29, 1.82) is 0 Å². The van der Waals surface area contributed by atoms with Gasteiger partial charge in [-0.15, -0.1) is 11.3 Å². The molecule has 0 unspecified atom stereocenters. The van der Waals surface area contributed by atoms with E-state index in [9.17, 15) is 9.59 Å². The number of nitrogens with one attached hydrogen (secondary N) is 3. The molecule has 3 N–H and O–H groups in total. The van der Waals surface area contributed by atoms with Crippen LogP contribution in [-0.2, 0) is 11.2 Å². The van der Waals surface area contributed by atoms with Gasteiger partial charge < -0.3 is 14.7 Å². The van der Waals surface area contributed by atoms with Crippen molar-refractivity contribution in [3.05, 3.63) is 65.3 Å². The molecule has 0 aliphatic carbocycles. The van der Waals surface area contributed by atoms with Crippen LogP contribution in [0.1, 0.15) is 48.4 Å². The molecule has 8 nitrogen and oxygen atoms in total. The maximum atomic E-state index is 12.7. The number of anilines is 1. The Labute approximate surface area is 183 Å². The number of carbonyl (C=O) groups is 2. The lowest BCUT2D eigenvalue weighted by molar-refractivity contribution is -0.121. The second kappa shape index (κ2) is 9.13. The number of amides is 2. The van der Waals surface area contributed by atoms with Gasteiger partial charge in [-0.2, -0.15) is 0 Å². The predicted molar refractivity (Wildman–Crippen MR) is 119 cm³/mol. The van der Waals surface area contributed by atoms with Crippen LogP contribution in [0.5, 0.6) is 0 Å². The summed E-state index contributed by atoms with van der Waals surface area (Å²) in [5.74, 6) is 0.795. The van der Waals surface area contributed by atoms with E-state index >= 15 is 0 Å². The van der Waals surface area contributed by atoms with Crippen molar-refractivity contribution in [2.45, 2.75) is 32.7 Å². The molecule has 0 bridgehead atoms.